The zero-order valence-electron chi connectivity index (χ0n) is 19.3. The maximum Gasteiger partial charge on any atom is 0.279 e. The number of nitrogens with zero attached hydrogens (tertiary/aromatic N) is 3. The molecule has 1 heterocycles. The van der Waals surface area contributed by atoms with Crippen molar-refractivity contribution in [3.8, 4) is 0 Å². The van der Waals surface area contributed by atoms with Crippen molar-refractivity contribution >= 4 is 47.3 Å². The maximum absolute atomic E-state index is 12.9. The normalized spacial score (nSPS) is 13.0. The van der Waals surface area contributed by atoms with Crippen molar-refractivity contribution in [2.24, 2.45) is 4.99 Å². The molecule has 0 aliphatic heterocycles. The van der Waals surface area contributed by atoms with Gasteiger partial charge in [0.2, 0.25) is 10.0 Å². The van der Waals surface area contributed by atoms with Crippen LogP contribution in [0, 0.1) is 0 Å². The number of aromatic nitrogens is 1. The van der Waals surface area contributed by atoms with Crippen LogP contribution in [0.5, 0.6) is 0 Å². The number of benzene rings is 2. The molecule has 182 valence electrons. The minimum atomic E-state index is -3.63. The molecule has 0 bridgehead atoms. The largest absolute Gasteiger partial charge is 0.312 e. The van der Waals surface area contributed by atoms with Crippen LogP contribution in [0.15, 0.2) is 69.9 Å². The molecular formula is C23H27N3O5S3. The topological polar surface area (TPSA) is 106 Å². The fourth-order valence-corrected chi connectivity index (χ4v) is 6.28. The Kier molecular flexibility index (Phi) is 7.91. The van der Waals surface area contributed by atoms with E-state index in [1.165, 1.54) is 53.0 Å². The van der Waals surface area contributed by atoms with Crippen molar-refractivity contribution in [3.63, 3.8) is 0 Å². The zero-order chi connectivity index (χ0) is 25.1. The predicted octanol–water partition coefficient (Wildman–Crippen LogP) is 3.45. The molecule has 0 saturated heterocycles. The lowest BCUT2D eigenvalue weighted by Crippen LogP contribution is -2.27. The summed E-state index contributed by atoms with van der Waals surface area (Å²) in [5.74, 6) is -0.531. The number of unbranched alkanes of at least 4 members (excludes halogenated alkanes) is 1. The van der Waals surface area contributed by atoms with Crippen LogP contribution in [0.25, 0.3) is 10.2 Å². The molecule has 3 aromatic rings. The van der Waals surface area contributed by atoms with Gasteiger partial charge in [0, 0.05) is 32.0 Å². The molecule has 0 spiro atoms. The first kappa shape index (κ1) is 26.0. The Balaban J connectivity index is 1.98. The molecule has 0 saturated carbocycles. The van der Waals surface area contributed by atoms with Gasteiger partial charge in [-0.15, -0.1) is 6.58 Å². The Morgan fingerprint density at radius 2 is 1.76 bits per heavy atom. The van der Waals surface area contributed by atoms with E-state index in [-0.39, 0.29) is 15.4 Å². The number of hydrogen-bond donors (Lipinski definition) is 0. The van der Waals surface area contributed by atoms with E-state index in [0.29, 0.717) is 22.6 Å². The fraction of sp³-hybridized carbons (Fsp3) is 0.304. The van der Waals surface area contributed by atoms with Crippen LogP contribution in [0.2, 0.25) is 0 Å². The molecule has 0 N–H and O–H groups in total. The van der Waals surface area contributed by atoms with Gasteiger partial charge in [-0.25, -0.2) is 21.1 Å². The summed E-state index contributed by atoms with van der Waals surface area (Å²) in [6.07, 6.45) is 4.44. The molecule has 34 heavy (non-hydrogen) atoms. The van der Waals surface area contributed by atoms with E-state index in [1.807, 2.05) is 6.92 Å². The third-order valence-electron chi connectivity index (χ3n) is 5.23. The molecule has 8 nitrogen and oxygen atoms in total. The number of thiazole rings is 1. The molecule has 1 aromatic heterocycles. The first-order valence-corrected chi connectivity index (χ1v) is 14.7. The monoisotopic (exact) mass is 521 g/mol. The van der Waals surface area contributed by atoms with E-state index >= 15 is 0 Å². The summed E-state index contributed by atoms with van der Waals surface area (Å²) in [7, 11) is -5.47. The molecule has 0 radical (unpaired) electrons. The third-order valence-corrected chi connectivity index (χ3v) is 9.25. The summed E-state index contributed by atoms with van der Waals surface area (Å²) >= 11 is 1.20. The molecule has 0 aliphatic carbocycles. The summed E-state index contributed by atoms with van der Waals surface area (Å²) in [5, 5.41) is 0. The highest BCUT2D eigenvalue weighted by Gasteiger charge is 2.20. The molecular weight excluding hydrogens is 494 g/mol. The Morgan fingerprint density at radius 1 is 1.12 bits per heavy atom. The van der Waals surface area contributed by atoms with Crippen molar-refractivity contribution < 1.29 is 21.6 Å². The van der Waals surface area contributed by atoms with Crippen molar-refractivity contribution in [1.29, 1.82) is 0 Å². The van der Waals surface area contributed by atoms with Gasteiger partial charge in [-0.2, -0.15) is 4.99 Å². The SMILES string of the molecule is C=CCn1c(=NC(=O)c2ccc(S(=O)(=O)N(C)CCCC)cc2)sc2cc(S(C)(=O)=O)ccc21. The number of sulfone groups is 1. The van der Waals surface area contributed by atoms with Gasteiger partial charge in [-0.1, -0.05) is 30.8 Å². The standard InChI is InChI=1S/C23H27N3O5S3/c1-5-7-15-25(3)34(30,31)18-10-8-17(9-11-18)22(27)24-23-26(14-6-2)20-13-12-19(33(4,28)29)16-21(20)32-23/h6,8-13,16H,2,5,7,14-15H2,1,3-4H3. The predicted molar refractivity (Wildman–Crippen MR) is 134 cm³/mol. The average molecular weight is 522 g/mol. The Labute approximate surface area is 203 Å². The molecule has 11 heteroatoms. The van der Waals surface area contributed by atoms with E-state index in [0.717, 1.165) is 24.6 Å². The van der Waals surface area contributed by atoms with Crippen LogP contribution >= 0.6 is 11.3 Å². The quantitative estimate of drug-likeness (QED) is 0.401. The van der Waals surface area contributed by atoms with Crippen molar-refractivity contribution in [3.05, 3.63) is 65.5 Å². The van der Waals surface area contributed by atoms with E-state index < -0.39 is 25.8 Å². The van der Waals surface area contributed by atoms with Crippen LogP contribution < -0.4 is 4.80 Å². The Morgan fingerprint density at radius 3 is 2.35 bits per heavy atom. The van der Waals surface area contributed by atoms with Gasteiger partial charge < -0.3 is 4.57 Å². The van der Waals surface area contributed by atoms with Gasteiger partial charge in [-0.3, -0.25) is 4.79 Å². The number of carbonyl (C=O) groups is 1. The second kappa shape index (κ2) is 10.3. The molecule has 0 aliphatic rings. The van der Waals surface area contributed by atoms with E-state index in [2.05, 4.69) is 11.6 Å². The Bertz CT molecular complexity index is 1500. The number of carbonyl (C=O) groups excluding carboxylic acids is 1. The first-order chi connectivity index (χ1) is 16.0. The number of allylic oxidation sites excluding steroid dienone is 1. The van der Waals surface area contributed by atoms with Gasteiger partial charge in [0.05, 0.1) is 20.0 Å². The number of fused-ring (bicyclic) bond motifs is 1. The molecule has 0 unspecified atom stereocenters. The van der Waals surface area contributed by atoms with Gasteiger partial charge in [0.1, 0.15) is 0 Å². The Hall–Kier alpha value is -2.60. The highest BCUT2D eigenvalue weighted by molar-refractivity contribution is 7.90. The fourth-order valence-electron chi connectivity index (χ4n) is 3.28. The summed E-state index contributed by atoms with van der Waals surface area (Å²) in [4.78, 5) is 17.8. The highest BCUT2D eigenvalue weighted by atomic mass is 32.2. The maximum atomic E-state index is 12.9. The van der Waals surface area contributed by atoms with Crippen LogP contribution in [0.3, 0.4) is 0 Å². The van der Waals surface area contributed by atoms with Gasteiger partial charge in [0.15, 0.2) is 14.6 Å². The number of sulfonamides is 1. The van der Waals surface area contributed by atoms with Crippen molar-refractivity contribution in [1.82, 2.24) is 8.87 Å². The third kappa shape index (κ3) is 5.54. The molecule has 2 aromatic carbocycles. The molecule has 1 amide bonds. The summed E-state index contributed by atoms with van der Waals surface area (Å²) in [6.45, 7) is 6.54. The number of amides is 1. The van der Waals surface area contributed by atoms with E-state index in [4.69, 9.17) is 0 Å². The molecule has 0 atom stereocenters. The zero-order valence-corrected chi connectivity index (χ0v) is 21.7. The summed E-state index contributed by atoms with van der Waals surface area (Å²) in [5.41, 5.74) is 0.981. The smallest absolute Gasteiger partial charge is 0.279 e. The summed E-state index contributed by atoms with van der Waals surface area (Å²) < 4.78 is 52.9. The minimum Gasteiger partial charge on any atom is -0.312 e. The molecule has 0 fully saturated rings. The highest BCUT2D eigenvalue weighted by Crippen LogP contribution is 2.22. The van der Waals surface area contributed by atoms with Crippen molar-refractivity contribution in [2.45, 2.75) is 36.1 Å². The minimum absolute atomic E-state index is 0.111. The second-order valence-electron chi connectivity index (χ2n) is 7.81. The lowest BCUT2D eigenvalue weighted by atomic mass is 10.2. The van der Waals surface area contributed by atoms with Gasteiger partial charge in [0.25, 0.3) is 5.91 Å². The summed E-state index contributed by atoms with van der Waals surface area (Å²) in [6, 6.07) is 10.5. The van der Waals surface area contributed by atoms with Gasteiger partial charge in [-0.05, 0) is 48.9 Å². The van der Waals surface area contributed by atoms with Crippen LogP contribution in [0.4, 0.5) is 0 Å². The molecule has 3 rings (SSSR count). The van der Waals surface area contributed by atoms with Crippen molar-refractivity contribution in [2.75, 3.05) is 19.8 Å². The van der Waals surface area contributed by atoms with Crippen LogP contribution in [-0.4, -0.2) is 51.5 Å². The number of rotatable bonds is 9. The van der Waals surface area contributed by atoms with Gasteiger partial charge >= 0.3 is 0 Å². The average Bonchev–Trinajstić information content (AvgIpc) is 3.13. The lowest BCUT2D eigenvalue weighted by molar-refractivity contribution is 0.0997. The number of hydrogen-bond acceptors (Lipinski definition) is 6. The van der Waals surface area contributed by atoms with E-state index in [9.17, 15) is 21.6 Å². The van der Waals surface area contributed by atoms with E-state index in [1.54, 1.807) is 22.8 Å². The lowest BCUT2D eigenvalue weighted by Gasteiger charge is -2.16. The van der Waals surface area contributed by atoms with Crippen LogP contribution in [-0.2, 0) is 26.4 Å². The first-order valence-electron chi connectivity index (χ1n) is 10.6. The van der Waals surface area contributed by atoms with Crippen LogP contribution in [0.1, 0.15) is 30.1 Å². The second-order valence-corrected chi connectivity index (χ2v) is 12.9.